The summed E-state index contributed by atoms with van der Waals surface area (Å²) in [4.78, 5) is 4.68. The van der Waals surface area contributed by atoms with Crippen molar-refractivity contribution in [2.45, 2.75) is 13.3 Å². The molecule has 0 radical (unpaired) electrons. The second-order valence-corrected chi connectivity index (χ2v) is 9.93. The summed E-state index contributed by atoms with van der Waals surface area (Å²) < 4.78 is 0. The van der Waals surface area contributed by atoms with E-state index in [1.807, 2.05) is 0 Å². The van der Waals surface area contributed by atoms with Crippen LogP contribution in [-0.2, 0) is 0 Å². The van der Waals surface area contributed by atoms with E-state index in [0.717, 1.165) is 23.5 Å². The molecule has 1 aliphatic rings. The number of rotatable bonds is 7. The summed E-state index contributed by atoms with van der Waals surface area (Å²) in [6.45, 7) is 2.30. The van der Waals surface area contributed by atoms with Gasteiger partial charge in [0.2, 0.25) is 0 Å². The van der Waals surface area contributed by atoms with Gasteiger partial charge in [-0.05, 0) is 84.3 Å². The van der Waals surface area contributed by atoms with Gasteiger partial charge >= 0.3 is 0 Å². The zero-order valence-corrected chi connectivity index (χ0v) is 22.2. The fourth-order valence-corrected chi connectivity index (χ4v) is 5.26. The minimum atomic E-state index is 0.458. The van der Waals surface area contributed by atoms with Crippen LogP contribution in [-0.4, -0.2) is 0 Å². The molecule has 0 aromatic heterocycles. The highest BCUT2D eigenvalue weighted by atomic mass is 15.2. The van der Waals surface area contributed by atoms with Crippen LogP contribution in [0.4, 0.5) is 28.4 Å². The van der Waals surface area contributed by atoms with Crippen molar-refractivity contribution >= 4 is 28.4 Å². The number of benzene rings is 5. The van der Waals surface area contributed by atoms with Crippen LogP contribution in [0.5, 0.6) is 0 Å². The summed E-state index contributed by atoms with van der Waals surface area (Å²) in [7, 11) is 0. The van der Waals surface area contributed by atoms with Gasteiger partial charge in [0.25, 0.3) is 0 Å². The van der Waals surface area contributed by atoms with Gasteiger partial charge < -0.3 is 9.80 Å². The van der Waals surface area contributed by atoms with E-state index >= 15 is 0 Å². The number of hydrogen-bond acceptors (Lipinski definition) is 2. The highest BCUT2D eigenvalue weighted by Crippen LogP contribution is 2.38. The normalized spacial score (nSPS) is 14.5. The van der Waals surface area contributed by atoms with Crippen molar-refractivity contribution in [1.82, 2.24) is 0 Å². The summed E-state index contributed by atoms with van der Waals surface area (Å²) in [5.41, 5.74) is 9.50. The molecule has 2 nitrogen and oxygen atoms in total. The fourth-order valence-electron chi connectivity index (χ4n) is 5.26. The van der Waals surface area contributed by atoms with E-state index in [-0.39, 0.29) is 0 Å². The molecule has 0 spiro atoms. The third kappa shape index (κ3) is 5.28. The molecular formula is C37H32N2. The van der Waals surface area contributed by atoms with Gasteiger partial charge in [-0.3, -0.25) is 0 Å². The SMILES string of the molecule is CC1CC=CC=C1N(c1ccccc1)c1ccc(-c2ccc(N(c3ccccc3)c3ccccc3)cc2)cc1. The van der Waals surface area contributed by atoms with E-state index in [1.165, 1.54) is 28.2 Å². The lowest BCUT2D eigenvalue weighted by molar-refractivity contribution is 0.670. The van der Waals surface area contributed by atoms with Crippen LogP contribution in [0.3, 0.4) is 0 Å². The lowest BCUT2D eigenvalue weighted by atomic mass is 9.96. The Kier molecular flexibility index (Phi) is 7.09. The first-order valence-electron chi connectivity index (χ1n) is 13.6. The minimum absolute atomic E-state index is 0.458. The molecule has 190 valence electrons. The molecule has 0 saturated carbocycles. The second-order valence-electron chi connectivity index (χ2n) is 9.93. The maximum absolute atomic E-state index is 2.39. The molecule has 0 N–H and O–H groups in total. The average Bonchev–Trinajstić information content (AvgIpc) is 3.01. The standard InChI is InChI=1S/C37H32N2/c1-29-13-11-12-20-37(29)39(34-18-9-4-10-19-34)36-27-23-31(24-28-36)30-21-25-35(26-22-30)38(32-14-5-2-6-15-32)33-16-7-3-8-17-33/h2-12,14-29H,13H2,1H3. The number of nitrogens with zero attached hydrogens (tertiary/aromatic N) is 2. The van der Waals surface area contributed by atoms with Gasteiger partial charge in [0.15, 0.2) is 0 Å². The van der Waals surface area contributed by atoms with E-state index in [1.54, 1.807) is 0 Å². The van der Waals surface area contributed by atoms with Crippen molar-refractivity contribution in [3.05, 3.63) is 163 Å². The maximum atomic E-state index is 2.39. The number of hydrogen-bond donors (Lipinski definition) is 0. The topological polar surface area (TPSA) is 6.48 Å². The lowest BCUT2D eigenvalue weighted by Gasteiger charge is -2.32. The Morgan fingerprint density at radius 1 is 0.462 bits per heavy atom. The summed E-state index contributed by atoms with van der Waals surface area (Å²) >= 11 is 0. The molecule has 6 rings (SSSR count). The first kappa shape index (κ1) is 24.5. The van der Waals surface area contributed by atoms with Crippen molar-refractivity contribution < 1.29 is 0 Å². The van der Waals surface area contributed by atoms with Crippen molar-refractivity contribution in [2.75, 3.05) is 9.80 Å². The first-order valence-corrected chi connectivity index (χ1v) is 13.6. The lowest BCUT2D eigenvalue weighted by Crippen LogP contribution is -2.22. The Morgan fingerprint density at radius 2 is 0.846 bits per heavy atom. The predicted molar refractivity (Wildman–Crippen MR) is 166 cm³/mol. The van der Waals surface area contributed by atoms with Crippen LogP contribution in [0.15, 0.2) is 163 Å². The molecule has 0 saturated heterocycles. The molecule has 1 unspecified atom stereocenters. The number of anilines is 5. The van der Waals surface area contributed by atoms with Crippen molar-refractivity contribution in [2.24, 2.45) is 5.92 Å². The van der Waals surface area contributed by atoms with E-state index in [9.17, 15) is 0 Å². The maximum Gasteiger partial charge on any atom is 0.0462 e. The fraction of sp³-hybridized carbons (Fsp3) is 0.0811. The molecular weight excluding hydrogens is 472 g/mol. The summed E-state index contributed by atoms with van der Waals surface area (Å²) in [6.07, 6.45) is 7.73. The molecule has 1 aliphatic carbocycles. The molecule has 39 heavy (non-hydrogen) atoms. The van der Waals surface area contributed by atoms with Gasteiger partial charge in [0, 0.05) is 40.1 Å². The van der Waals surface area contributed by atoms with Crippen LogP contribution < -0.4 is 9.80 Å². The summed E-state index contributed by atoms with van der Waals surface area (Å²) in [5, 5.41) is 0. The highest BCUT2D eigenvalue weighted by Gasteiger charge is 2.20. The van der Waals surface area contributed by atoms with Gasteiger partial charge in [0.05, 0.1) is 0 Å². The zero-order valence-electron chi connectivity index (χ0n) is 22.2. The van der Waals surface area contributed by atoms with Gasteiger partial charge in [-0.2, -0.15) is 0 Å². The molecule has 0 bridgehead atoms. The van der Waals surface area contributed by atoms with Gasteiger partial charge in [0.1, 0.15) is 0 Å². The molecule has 5 aromatic rings. The Bertz CT molecular complexity index is 1510. The summed E-state index contributed by atoms with van der Waals surface area (Å²) in [6, 6.07) is 49.5. The molecule has 0 heterocycles. The Labute approximate surface area is 231 Å². The quantitative estimate of drug-likeness (QED) is 0.217. The first-order chi connectivity index (χ1) is 19.3. The molecule has 0 aliphatic heterocycles. The third-order valence-corrected chi connectivity index (χ3v) is 7.28. The Balaban J connectivity index is 1.31. The zero-order chi connectivity index (χ0) is 26.4. The smallest absolute Gasteiger partial charge is 0.0462 e. The van der Waals surface area contributed by atoms with E-state index < -0.39 is 0 Å². The largest absolute Gasteiger partial charge is 0.314 e. The van der Waals surface area contributed by atoms with E-state index in [0.29, 0.717) is 5.92 Å². The third-order valence-electron chi connectivity index (χ3n) is 7.28. The minimum Gasteiger partial charge on any atom is -0.314 e. The van der Waals surface area contributed by atoms with E-state index in [2.05, 4.69) is 174 Å². The molecule has 0 amide bonds. The van der Waals surface area contributed by atoms with Crippen LogP contribution >= 0.6 is 0 Å². The number of para-hydroxylation sites is 3. The molecule has 0 fully saturated rings. The monoisotopic (exact) mass is 504 g/mol. The molecule has 5 aromatic carbocycles. The van der Waals surface area contributed by atoms with Crippen molar-refractivity contribution in [1.29, 1.82) is 0 Å². The van der Waals surface area contributed by atoms with Crippen LogP contribution in [0.25, 0.3) is 11.1 Å². The van der Waals surface area contributed by atoms with Crippen LogP contribution in [0.1, 0.15) is 13.3 Å². The van der Waals surface area contributed by atoms with Crippen molar-refractivity contribution in [3.8, 4) is 11.1 Å². The van der Waals surface area contributed by atoms with Crippen molar-refractivity contribution in [3.63, 3.8) is 0 Å². The predicted octanol–water partition coefficient (Wildman–Crippen LogP) is 10.4. The van der Waals surface area contributed by atoms with Gasteiger partial charge in [-0.25, -0.2) is 0 Å². The van der Waals surface area contributed by atoms with Crippen LogP contribution in [0, 0.1) is 5.92 Å². The Morgan fingerprint density at radius 3 is 1.28 bits per heavy atom. The number of allylic oxidation sites excluding steroid dienone is 4. The van der Waals surface area contributed by atoms with Gasteiger partial charge in [-0.1, -0.05) is 97.9 Å². The molecule has 1 atom stereocenters. The van der Waals surface area contributed by atoms with E-state index in [4.69, 9.17) is 0 Å². The average molecular weight is 505 g/mol. The van der Waals surface area contributed by atoms with Crippen LogP contribution in [0.2, 0.25) is 0 Å². The molecule has 2 heteroatoms. The Hall–Kier alpha value is -4.82. The summed E-state index contributed by atoms with van der Waals surface area (Å²) in [5.74, 6) is 0.458. The highest BCUT2D eigenvalue weighted by molar-refractivity contribution is 5.79. The van der Waals surface area contributed by atoms with Gasteiger partial charge in [-0.15, -0.1) is 0 Å². The second kappa shape index (κ2) is 11.3.